The van der Waals surface area contributed by atoms with Gasteiger partial charge in [0, 0.05) is 31.1 Å². The first-order chi connectivity index (χ1) is 9.25. The second-order valence-electron chi connectivity index (χ2n) is 4.79. The molecular formula is C15H17ClN2S. The Balaban J connectivity index is 1.70. The fraction of sp³-hybridized carbons (Fsp3) is 0.333. The number of halogens is 1. The molecule has 0 aliphatic carbocycles. The first kappa shape index (κ1) is 12.8. The molecule has 0 radical (unpaired) electrons. The van der Waals surface area contributed by atoms with Gasteiger partial charge < -0.3 is 9.80 Å². The van der Waals surface area contributed by atoms with Crippen molar-refractivity contribution in [2.24, 2.45) is 0 Å². The predicted molar refractivity (Wildman–Crippen MR) is 84.9 cm³/mol. The van der Waals surface area contributed by atoms with Gasteiger partial charge in [0.2, 0.25) is 0 Å². The van der Waals surface area contributed by atoms with E-state index in [0.29, 0.717) is 0 Å². The van der Waals surface area contributed by atoms with E-state index in [1.165, 1.54) is 10.6 Å². The highest BCUT2D eigenvalue weighted by Gasteiger charge is 2.20. The van der Waals surface area contributed by atoms with Crippen molar-refractivity contribution in [3.63, 3.8) is 0 Å². The lowest BCUT2D eigenvalue weighted by Crippen LogP contribution is -2.46. The predicted octanol–water partition coefficient (Wildman–Crippen LogP) is 4.04. The summed E-state index contributed by atoms with van der Waals surface area (Å²) < 4.78 is 0. The summed E-state index contributed by atoms with van der Waals surface area (Å²) in [6.45, 7) is 6.37. The van der Waals surface area contributed by atoms with Crippen LogP contribution in [0.4, 0.5) is 11.4 Å². The highest BCUT2D eigenvalue weighted by atomic mass is 35.5. The molecule has 0 N–H and O–H groups in total. The molecule has 1 aromatic heterocycles. The minimum absolute atomic E-state index is 0.850. The van der Waals surface area contributed by atoms with Crippen LogP contribution in [0.3, 0.4) is 0 Å². The number of rotatable bonds is 2. The average Bonchev–Trinajstić information content (AvgIpc) is 2.86. The Kier molecular flexibility index (Phi) is 3.67. The molecule has 2 nitrogen and oxygen atoms in total. The standard InChI is InChI=1S/C15H17ClN2S/c1-12-14(6-11-19-12)17-7-9-18(10-8-17)15-5-3-2-4-13(15)16/h2-6,11H,7-10H2,1H3. The Bertz CT molecular complexity index is 559. The lowest BCUT2D eigenvalue weighted by atomic mass is 10.2. The van der Waals surface area contributed by atoms with Crippen LogP contribution in [0, 0.1) is 6.92 Å². The van der Waals surface area contributed by atoms with Gasteiger partial charge in [-0.1, -0.05) is 23.7 Å². The van der Waals surface area contributed by atoms with Gasteiger partial charge in [-0.2, -0.15) is 0 Å². The van der Waals surface area contributed by atoms with Gasteiger partial charge in [-0.3, -0.25) is 0 Å². The molecule has 0 saturated carbocycles. The smallest absolute Gasteiger partial charge is 0.0639 e. The Labute approximate surface area is 123 Å². The highest BCUT2D eigenvalue weighted by molar-refractivity contribution is 7.10. The third kappa shape index (κ3) is 2.58. The lowest BCUT2D eigenvalue weighted by Gasteiger charge is -2.37. The van der Waals surface area contributed by atoms with Gasteiger partial charge in [0.25, 0.3) is 0 Å². The van der Waals surface area contributed by atoms with Crippen LogP contribution in [-0.4, -0.2) is 26.2 Å². The first-order valence-electron chi connectivity index (χ1n) is 6.54. The van der Waals surface area contributed by atoms with E-state index in [1.54, 1.807) is 0 Å². The van der Waals surface area contributed by atoms with E-state index in [-0.39, 0.29) is 0 Å². The van der Waals surface area contributed by atoms with Crippen LogP contribution in [0.2, 0.25) is 5.02 Å². The topological polar surface area (TPSA) is 6.48 Å². The maximum absolute atomic E-state index is 6.27. The molecule has 100 valence electrons. The third-order valence-electron chi connectivity index (χ3n) is 3.64. The minimum atomic E-state index is 0.850. The van der Waals surface area contributed by atoms with Gasteiger partial charge in [-0.05, 0) is 30.5 Å². The van der Waals surface area contributed by atoms with Crippen molar-refractivity contribution in [1.29, 1.82) is 0 Å². The molecule has 1 aliphatic heterocycles. The quantitative estimate of drug-likeness (QED) is 0.824. The molecule has 1 aliphatic rings. The van der Waals surface area contributed by atoms with E-state index >= 15 is 0 Å². The Morgan fingerprint density at radius 1 is 0.947 bits per heavy atom. The lowest BCUT2D eigenvalue weighted by molar-refractivity contribution is 0.653. The summed E-state index contributed by atoms with van der Waals surface area (Å²) >= 11 is 8.09. The maximum atomic E-state index is 6.27. The second kappa shape index (κ2) is 5.43. The number of thiophene rings is 1. The van der Waals surface area contributed by atoms with Crippen molar-refractivity contribution in [3.8, 4) is 0 Å². The van der Waals surface area contributed by atoms with Gasteiger partial charge >= 0.3 is 0 Å². The molecule has 1 saturated heterocycles. The zero-order chi connectivity index (χ0) is 13.2. The third-order valence-corrected chi connectivity index (χ3v) is 4.80. The number of nitrogens with zero attached hydrogens (tertiary/aromatic N) is 2. The van der Waals surface area contributed by atoms with E-state index in [2.05, 4.69) is 40.3 Å². The summed E-state index contributed by atoms with van der Waals surface area (Å²) in [7, 11) is 0. The Morgan fingerprint density at radius 2 is 1.58 bits per heavy atom. The first-order valence-corrected chi connectivity index (χ1v) is 7.80. The van der Waals surface area contributed by atoms with Crippen molar-refractivity contribution in [2.75, 3.05) is 36.0 Å². The molecule has 1 fully saturated rings. The van der Waals surface area contributed by atoms with E-state index in [4.69, 9.17) is 11.6 Å². The molecule has 19 heavy (non-hydrogen) atoms. The van der Waals surface area contributed by atoms with Gasteiger partial charge in [-0.25, -0.2) is 0 Å². The summed E-state index contributed by atoms with van der Waals surface area (Å²) in [5.74, 6) is 0. The number of hydrogen-bond donors (Lipinski definition) is 0. The number of piperazine rings is 1. The van der Waals surface area contributed by atoms with Crippen molar-refractivity contribution in [1.82, 2.24) is 0 Å². The molecule has 0 bridgehead atoms. The monoisotopic (exact) mass is 292 g/mol. The normalized spacial score (nSPS) is 15.9. The molecule has 1 aromatic carbocycles. The highest BCUT2D eigenvalue weighted by Crippen LogP contribution is 2.29. The van der Waals surface area contributed by atoms with Crippen LogP contribution in [-0.2, 0) is 0 Å². The molecule has 3 rings (SSSR count). The molecule has 0 unspecified atom stereocenters. The van der Waals surface area contributed by atoms with Crippen molar-refractivity contribution in [3.05, 3.63) is 45.6 Å². The van der Waals surface area contributed by atoms with Crippen LogP contribution < -0.4 is 9.80 Å². The van der Waals surface area contributed by atoms with E-state index in [9.17, 15) is 0 Å². The Hall–Kier alpha value is -1.19. The number of para-hydroxylation sites is 1. The van der Waals surface area contributed by atoms with Gasteiger partial charge in [0.05, 0.1) is 16.4 Å². The van der Waals surface area contributed by atoms with E-state index in [1.807, 2.05) is 23.5 Å². The largest absolute Gasteiger partial charge is 0.367 e. The maximum Gasteiger partial charge on any atom is 0.0639 e. The summed E-state index contributed by atoms with van der Waals surface area (Å²) in [5, 5.41) is 3.02. The summed E-state index contributed by atoms with van der Waals surface area (Å²) in [4.78, 5) is 6.26. The van der Waals surface area contributed by atoms with Gasteiger partial charge in [-0.15, -0.1) is 11.3 Å². The van der Waals surface area contributed by atoms with Crippen LogP contribution in [0.15, 0.2) is 35.7 Å². The van der Waals surface area contributed by atoms with Crippen molar-refractivity contribution >= 4 is 34.3 Å². The van der Waals surface area contributed by atoms with Crippen LogP contribution in [0.25, 0.3) is 0 Å². The van der Waals surface area contributed by atoms with Crippen molar-refractivity contribution in [2.45, 2.75) is 6.92 Å². The summed E-state index contributed by atoms with van der Waals surface area (Å²) in [6, 6.07) is 10.3. The van der Waals surface area contributed by atoms with Crippen LogP contribution in [0.1, 0.15) is 4.88 Å². The zero-order valence-electron chi connectivity index (χ0n) is 11.0. The van der Waals surface area contributed by atoms with Gasteiger partial charge in [0.1, 0.15) is 0 Å². The molecule has 2 aromatic rings. The molecule has 0 atom stereocenters. The molecular weight excluding hydrogens is 276 g/mol. The minimum Gasteiger partial charge on any atom is -0.367 e. The summed E-state index contributed by atoms with van der Waals surface area (Å²) in [5.41, 5.74) is 2.55. The Morgan fingerprint density at radius 3 is 2.16 bits per heavy atom. The number of benzene rings is 1. The van der Waals surface area contributed by atoms with Crippen molar-refractivity contribution < 1.29 is 0 Å². The second-order valence-corrected chi connectivity index (χ2v) is 6.31. The number of anilines is 2. The molecule has 0 spiro atoms. The van der Waals surface area contributed by atoms with E-state index in [0.717, 1.165) is 36.9 Å². The van der Waals surface area contributed by atoms with Gasteiger partial charge in [0.15, 0.2) is 0 Å². The fourth-order valence-electron chi connectivity index (χ4n) is 2.60. The zero-order valence-corrected chi connectivity index (χ0v) is 12.5. The van der Waals surface area contributed by atoms with Crippen LogP contribution in [0.5, 0.6) is 0 Å². The number of aryl methyl sites for hydroxylation is 1. The fourth-order valence-corrected chi connectivity index (χ4v) is 3.58. The molecule has 4 heteroatoms. The average molecular weight is 293 g/mol. The molecule has 0 amide bonds. The summed E-state index contributed by atoms with van der Waals surface area (Å²) in [6.07, 6.45) is 0. The van der Waals surface area contributed by atoms with E-state index < -0.39 is 0 Å². The number of hydrogen-bond acceptors (Lipinski definition) is 3. The SMILES string of the molecule is Cc1sccc1N1CCN(c2ccccc2Cl)CC1. The van der Waals surface area contributed by atoms with Crippen LogP contribution >= 0.6 is 22.9 Å². The molecule has 2 heterocycles.